The maximum absolute atomic E-state index is 11.8. The van der Waals surface area contributed by atoms with Crippen LogP contribution >= 0.6 is 0 Å². The lowest BCUT2D eigenvalue weighted by Crippen LogP contribution is -2.47. The van der Waals surface area contributed by atoms with E-state index in [1.165, 1.54) is 5.56 Å². The third kappa shape index (κ3) is 4.77. The fourth-order valence-corrected chi connectivity index (χ4v) is 2.37. The summed E-state index contributed by atoms with van der Waals surface area (Å²) < 4.78 is 5.64. The first-order valence-corrected chi connectivity index (χ1v) is 7.30. The summed E-state index contributed by atoms with van der Waals surface area (Å²) in [6.07, 6.45) is 1.50. The van der Waals surface area contributed by atoms with Gasteiger partial charge >= 0.3 is 0 Å². The van der Waals surface area contributed by atoms with E-state index in [9.17, 15) is 9.59 Å². The number of benzene rings is 1. The smallest absolute Gasteiger partial charge is 0.223 e. The number of hydrogen-bond acceptors (Lipinski definition) is 3. The molecule has 1 fully saturated rings. The molecule has 1 aromatic carbocycles. The number of rotatable bonds is 5. The molecule has 2 rings (SSSR count). The number of ether oxygens (including phenoxy) is 1. The fourth-order valence-electron chi connectivity index (χ4n) is 2.37. The Morgan fingerprint density at radius 2 is 2.24 bits per heavy atom. The lowest BCUT2D eigenvalue weighted by molar-refractivity contribution is -0.125. The molecule has 114 valence electrons. The van der Waals surface area contributed by atoms with Crippen LogP contribution in [-0.4, -0.2) is 31.0 Å². The van der Waals surface area contributed by atoms with Gasteiger partial charge in [0.25, 0.3) is 0 Å². The van der Waals surface area contributed by atoms with Crippen molar-refractivity contribution in [1.29, 1.82) is 0 Å². The maximum Gasteiger partial charge on any atom is 0.223 e. The summed E-state index contributed by atoms with van der Waals surface area (Å²) in [5.74, 6) is 0.831. The van der Waals surface area contributed by atoms with Crippen LogP contribution in [0.3, 0.4) is 0 Å². The maximum atomic E-state index is 11.8. The van der Waals surface area contributed by atoms with Crippen molar-refractivity contribution in [3.63, 3.8) is 0 Å². The quantitative estimate of drug-likeness (QED) is 0.863. The van der Waals surface area contributed by atoms with Crippen molar-refractivity contribution in [1.82, 2.24) is 10.6 Å². The van der Waals surface area contributed by atoms with Gasteiger partial charge in [-0.15, -0.1) is 0 Å². The van der Waals surface area contributed by atoms with Gasteiger partial charge in [0.1, 0.15) is 5.75 Å². The molecule has 2 amide bonds. The summed E-state index contributed by atoms with van der Waals surface area (Å²) in [5.41, 5.74) is 2.27. The molecule has 1 aliphatic heterocycles. The van der Waals surface area contributed by atoms with Crippen LogP contribution in [-0.2, 0) is 9.59 Å². The Balaban J connectivity index is 1.70. The van der Waals surface area contributed by atoms with Crippen LogP contribution in [0, 0.1) is 13.8 Å². The summed E-state index contributed by atoms with van der Waals surface area (Å²) in [6, 6.07) is 6.02. The van der Waals surface area contributed by atoms with Gasteiger partial charge in [0.15, 0.2) is 0 Å². The molecule has 1 aromatic rings. The third-order valence-electron chi connectivity index (χ3n) is 3.55. The second kappa shape index (κ2) is 7.11. The Bertz CT molecular complexity index is 518. The molecule has 0 aliphatic carbocycles. The monoisotopic (exact) mass is 290 g/mol. The molecule has 5 heteroatoms. The molecule has 1 saturated heterocycles. The minimum absolute atomic E-state index is 0.0383. The average molecular weight is 290 g/mol. The fraction of sp³-hybridized carbons (Fsp3) is 0.500. The second-order valence-electron chi connectivity index (χ2n) is 5.47. The highest BCUT2D eigenvalue weighted by molar-refractivity contribution is 5.79. The summed E-state index contributed by atoms with van der Waals surface area (Å²) in [6.45, 7) is 4.90. The SMILES string of the molecule is Cc1ccc(OCCC(=O)NC2CCC(=O)NC2)c(C)c1. The summed E-state index contributed by atoms with van der Waals surface area (Å²) >= 11 is 0. The van der Waals surface area contributed by atoms with Gasteiger partial charge in [0.2, 0.25) is 11.8 Å². The van der Waals surface area contributed by atoms with Gasteiger partial charge in [-0.1, -0.05) is 17.7 Å². The van der Waals surface area contributed by atoms with Crippen molar-refractivity contribution in [2.45, 2.75) is 39.2 Å². The zero-order valence-corrected chi connectivity index (χ0v) is 12.6. The van der Waals surface area contributed by atoms with E-state index in [2.05, 4.69) is 16.7 Å². The van der Waals surface area contributed by atoms with Crippen LogP contribution in [0.15, 0.2) is 18.2 Å². The molecule has 1 heterocycles. The first-order valence-electron chi connectivity index (χ1n) is 7.30. The zero-order valence-electron chi connectivity index (χ0n) is 12.6. The first kappa shape index (κ1) is 15.4. The molecular weight excluding hydrogens is 268 g/mol. The molecule has 1 aliphatic rings. The predicted molar refractivity (Wildman–Crippen MR) is 80.2 cm³/mol. The van der Waals surface area contributed by atoms with Gasteiger partial charge in [-0.25, -0.2) is 0 Å². The Labute approximate surface area is 125 Å². The van der Waals surface area contributed by atoms with Gasteiger partial charge in [-0.05, 0) is 31.9 Å². The van der Waals surface area contributed by atoms with Crippen molar-refractivity contribution in [2.75, 3.05) is 13.2 Å². The average Bonchev–Trinajstić information content (AvgIpc) is 2.44. The van der Waals surface area contributed by atoms with E-state index in [0.717, 1.165) is 11.3 Å². The second-order valence-corrected chi connectivity index (χ2v) is 5.47. The molecule has 5 nitrogen and oxygen atoms in total. The van der Waals surface area contributed by atoms with Gasteiger partial charge < -0.3 is 15.4 Å². The van der Waals surface area contributed by atoms with E-state index >= 15 is 0 Å². The number of aryl methyl sites for hydroxylation is 2. The van der Waals surface area contributed by atoms with Crippen LogP contribution in [0.2, 0.25) is 0 Å². The molecular formula is C16H22N2O3. The lowest BCUT2D eigenvalue weighted by Gasteiger charge is -2.23. The number of hydrogen-bond donors (Lipinski definition) is 2. The number of amides is 2. The molecule has 0 radical (unpaired) electrons. The van der Waals surface area contributed by atoms with Crippen LogP contribution in [0.5, 0.6) is 5.75 Å². The minimum atomic E-state index is -0.0408. The largest absolute Gasteiger partial charge is 0.493 e. The summed E-state index contributed by atoms with van der Waals surface area (Å²) in [5, 5.41) is 5.66. The normalized spacial score (nSPS) is 18.0. The summed E-state index contributed by atoms with van der Waals surface area (Å²) in [7, 11) is 0. The van der Waals surface area contributed by atoms with Crippen molar-refractivity contribution >= 4 is 11.8 Å². The number of nitrogens with one attached hydrogen (secondary N) is 2. The highest BCUT2D eigenvalue weighted by Gasteiger charge is 2.19. The van der Waals surface area contributed by atoms with E-state index in [1.54, 1.807) is 0 Å². The number of carbonyl (C=O) groups excluding carboxylic acids is 2. The first-order chi connectivity index (χ1) is 10.0. The molecule has 0 spiro atoms. The van der Waals surface area contributed by atoms with Crippen molar-refractivity contribution in [2.24, 2.45) is 0 Å². The molecule has 0 aromatic heterocycles. The Morgan fingerprint density at radius 1 is 1.43 bits per heavy atom. The Hall–Kier alpha value is -2.04. The lowest BCUT2D eigenvalue weighted by atomic mass is 10.1. The van der Waals surface area contributed by atoms with Gasteiger partial charge in [0.05, 0.1) is 13.0 Å². The van der Waals surface area contributed by atoms with E-state index in [-0.39, 0.29) is 17.9 Å². The standard InChI is InChI=1S/C16H22N2O3/c1-11-3-5-14(12(2)9-11)21-8-7-16(20)18-13-4-6-15(19)17-10-13/h3,5,9,13H,4,6-8,10H2,1-2H3,(H,17,19)(H,18,20). The van der Waals surface area contributed by atoms with Crippen LogP contribution in [0.25, 0.3) is 0 Å². The molecule has 1 unspecified atom stereocenters. The van der Waals surface area contributed by atoms with Crippen LogP contribution in [0.1, 0.15) is 30.4 Å². The van der Waals surface area contributed by atoms with Crippen molar-refractivity contribution < 1.29 is 14.3 Å². The van der Waals surface area contributed by atoms with Gasteiger partial charge in [0, 0.05) is 19.0 Å². The molecule has 0 saturated carbocycles. The van der Waals surface area contributed by atoms with Gasteiger partial charge in [-0.3, -0.25) is 9.59 Å². The van der Waals surface area contributed by atoms with Crippen LogP contribution < -0.4 is 15.4 Å². The number of piperidine rings is 1. The van der Waals surface area contributed by atoms with Crippen molar-refractivity contribution in [3.05, 3.63) is 29.3 Å². The van der Waals surface area contributed by atoms with E-state index in [0.29, 0.717) is 32.4 Å². The predicted octanol–water partition coefficient (Wildman–Crippen LogP) is 1.47. The highest BCUT2D eigenvalue weighted by Crippen LogP contribution is 2.18. The molecule has 21 heavy (non-hydrogen) atoms. The number of carbonyl (C=O) groups is 2. The van der Waals surface area contributed by atoms with E-state index < -0.39 is 0 Å². The van der Waals surface area contributed by atoms with E-state index in [1.807, 2.05) is 26.0 Å². The minimum Gasteiger partial charge on any atom is -0.493 e. The topological polar surface area (TPSA) is 67.4 Å². The van der Waals surface area contributed by atoms with Crippen LogP contribution in [0.4, 0.5) is 0 Å². The third-order valence-corrected chi connectivity index (χ3v) is 3.55. The van der Waals surface area contributed by atoms with E-state index in [4.69, 9.17) is 4.74 Å². The molecule has 1 atom stereocenters. The molecule has 2 N–H and O–H groups in total. The molecule has 0 bridgehead atoms. The zero-order chi connectivity index (χ0) is 15.2. The van der Waals surface area contributed by atoms with Crippen molar-refractivity contribution in [3.8, 4) is 5.75 Å². The van der Waals surface area contributed by atoms with Gasteiger partial charge in [-0.2, -0.15) is 0 Å². The Morgan fingerprint density at radius 3 is 2.90 bits per heavy atom. The highest BCUT2D eigenvalue weighted by atomic mass is 16.5. The Kier molecular flexibility index (Phi) is 5.20. The summed E-state index contributed by atoms with van der Waals surface area (Å²) in [4.78, 5) is 22.9.